The molecule has 0 saturated carbocycles. The van der Waals surface area contributed by atoms with E-state index in [0.717, 1.165) is 18.2 Å². The zero-order chi connectivity index (χ0) is 15.2. The van der Waals surface area contributed by atoms with Crippen LogP contribution in [0.15, 0.2) is 23.1 Å². The lowest BCUT2D eigenvalue weighted by molar-refractivity contribution is -0.137. The van der Waals surface area contributed by atoms with Crippen LogP contribution in [0, 0.1) is 0 Å². The third-order valence-electron chi connectivity index (χ3n) is 2.43. The maximum absolute atomic E-state index is 12.5. The predicted octanol–water partition coefficient (Wildman–Crippen LogP) is 2.06. The van der Waals surface area contributed by atoms with Gasteiger partial charge in [0.2, 0.25) is 0 Å². The second-order valence-corrected chi connectivity index (χ2v) is 5.44. The summed E-state index contributed by atoms with van der Waals surface area (Å²) in [7, 11) is 0.0385. The van der Waals surface area contributed by atoms with E-state index in [0.29, 0.717) is 13.2 Å². The Labute approximate surface area is 117 Å². The van der Waals surface area contributed by atoms with Gasteiger partial charge >= 0.3 is 6.18 Å². The van der Waals surface area contributed by atoms with E-state index in [9.17, 15) is 17.4 Å². The molecule has 0 saturated heterocycles. The molecule has 1 aromatic rings. The normalized spacial score (nSPS) is 13.4. The molecule has 1 unspecified atom stereocenters. The first-order chi connectivity index (χ1) is 9.36. The number of ether oxygens (including phenoxy) is 2. The van der Waals surface area contributed by atoms with Crippen LogP contribution in [0.4, 0.5) is 18.9 Å². The lowest BCUT2D eigenvalue weighted by atomic mass is 10.2. The molecule has 1 atom stereocenters. The number of nitrogen functional groups attached to an aromatic ring is 1. The molecule has 114 valence electrons. The van der Waals surface area contributed by atoms with Crippen LogP contribution in [-0.4, -0.2) is 36.9 Å². The van der Waals surface area contributed by atoms with Crippen molar-refractivity contribution in [3.63, 3.8) is 0 Å². The predicted molar refractivity (Wildman–Crippen MR) is 69.8 cm³/mol. The number of hydrogen-bond donors (Lipinski definition) is 1. The van der Waals surface area contributed by atoms with Gasteiger partial charge in [-0.3, -0.25) is 4.21 Å². The van der Waals surface area contributed by atoms with E-state index in [1.807, 2.05) is 0 Å². The number of nitrogens with two attached hydrogens (primary N) is 1. The molecule has 0 aromatic heterocycles. The average molecular weight is 311 g/mol. The number of benzene rings is 1. The SMILES string of the molecule is COCCOCCS(=O)c1ccc(C(F)(F)F)cc1N. The number of halogens is 3. The van der Waals surface area contributed by atoms with Crippen molar-refractivity contribution in [2.45, 2.75) is 11.1 Å². The van der Waals surface area contributed by atoms with Crippen LogP contribution in [0.1, 0.15) is 5.56 Å². The Hall–Kier alpha value is -1.12. The molecule has 8 heteroatoms. The highest BCUT2D eigenvalue weighted by atomic mass is 32.2. The molecule has 0 aliphatic rings. The van der Waals surface area contributed by atoms with Crippen LogP contribution in [-0.2, 0) is 26.4 Å². The Morgan fingerprint density at radius 1 is 1.25 bits per heavy atom. The Balaban J connectivity index is 2.61. The minimum Gasteiger partial charge on any atom is -0.398 e. The highest BCUT2D eigenvalue weighted by Gasteiger charge is 2.31. The first-order valence-corrected chi connectivity index (χ1v) is 7.10. The van der Waals surface area contributed by atoms with Crippen molar-refractivity contribution >= 4 is 16.5 Å². The summed E-state index contributed by atoms with van der Waals surface area (Å²) in [5.41, 5.74) is 4.53. The van der Waals surface area contributed by atoms with Crippen molar-refractivity contribution < 1.29 is 26.9 Å². The third kappa shape index (κ3) is 5.10. The highest BCUT2D eigenvalue weighted by Crippen LogP contribution is 2.32. The van der Waals surface area contributed by atoms with E-state index in [2.05, 4.69) is 0 Å². The maximum atomic E-state index is 12.5. The van der Waals surface area contributed by atoms with Crippen LogP contribution < -0.4 is 5.73 Å². The van der Waals surface area contributed by atoms with Gasteiger partial charge in [-0.05, 0) is 18.2 Å². The van der Waals surface area contributed by atoms with Gasteiger partial charge in [0, 0.05) is 12.8 Å². The van der Waals surface area contributed by atoms with Crippen molar-refractivity contribution in [2.75, 3.05) is 38.4 Å². The van der Waals surface area contributed by atoms with Gasteiger partial charge in [-0.1, -0.05) is 0 Å². The summed E-state index contributed by atoms with van der Waals surface area (Å²) in [4.78, 5) is 0.188. The molecule has 20 heavy (non-hydrogen) atoms. The van der Waals surface area contributed by atoms with E-state index in [-0.39, 0.29) is 22.9 Å². The number of hydrogen-bond acceptors (Lipinski definition) is 4. The molecular weight excluding hydrogens is 295 g/mol. The van der Waals surface area contributed by atoms with E-state index in [4.69, 9.17) is 15.2 Å². The van der Waals surface area contributed by atoms with Crippen molar-refractivity contribution in [2.24, 2.45) is 0 Å². The molecule has 4 nitrogen and oxygen atoms in total. The fourth-order valence-electron chi connectivity index (χ4n) is 1.42. The molecule has 0 aliphatic heterocycles. The fraction of sp³-hybridized carbons (Fsp3) is 0.500. The van der Waals surface area contributed by atoms with Gasteiger partial charge in [0.05, 0.1) is 46.8 Å². The molecule has 0 heterocycles. The van der Waals surface area contributed by atoms with Crippen molar-refractivity contribution in [3.8, 4) is 0 Å². The monoisotopic (exact) mass is 311 g/mol. The van der Waals surface area contributed by atoms with Gasteiger partial charge in [-0.25, -0.2) is 0 Å². The topological polar surface area (TPSA) is 61.5 Å². The Bertz CT molecular complexity index is 466. The summed E-state index contributed by atoms with van der Waals surface area (Å²) in [6, 6.07) is 2.80. The summed E-state index contributed by atoms with van der Waals surface area (Å²) >= 11 is 0. The lowest BCUT2D eigenvalue weighted by Crippen LogP contribution is -2.12. The summed E-state index contributed by atoms with van der Waals surface area (Å²) in [6.45, 7) is 1.02. The quantitative estimate of drug-likeness (QED) is 0.618. The molecule has 1 aromatic carbocycles. The van der Waals surface area contributed by atoms with Crippen molar-refractivity contribution in [1.82, 2.24) is 0 Å². The van der Waals surface area contributed by atoms with Crippen LogP contribution in [0.25, 0.3) is 0 Å². The van der Waals surface area contributed by atoms with Gasteiger partial charge in [-0.2, -0.15) is 13.2 Å². The second kappa shape index (κ2) is 7.61. The smallest absolute Gasteiger partial charge is 0.398 e. The molecule has 0 bridgehead atoms. The highest BCUT2D eigenvalue weighted by molar-refractivity contribution is 7.85. The summed E-state index contributed by atoms with van der Waals surface area (Å²) < 4.78 is 59.2. The Morgan fingerprint density at radius 3 is 2.50 bits per heavy atom. The molecular formula is C12H16F3NO3S. The standard InChI is InChI=1S/C12H16F3NO3S/c1-18-4-5-19-6-7-20(17)11-3-2-9(8-10(11)16)12(13,14)15/h2-3,8H,4-7,16H2,1H3. The first-order valence-electron chi connectivity index (χ1n) is 5.78. The average Bonchev–Trinajstić information content (AvgIpc) is 2.37. The van der Waals surface area contributed by atoms with Gasteiger partial charge < -0.3 is 15.2 Å². The largest absolute Gasteiger partial charge is 0.416 e. The van der Waals surface area contributed by atoms with Crippen LogP contribution in [0.3, 0.4) is 0 Å². The van der Waals surface area contributed by atoms with Crippen LogP contribution >= 0.6 is 0 Å². The second-order valence-electron chi connectivity index (χ2n) is 3.91. The van der Waals surface area contributed by atoms with E-state index >= 15 is 0 Å². The first kappa shape index (κ1) is 16.9. The maximum Gasteiger partial charge on any atom is 0.416 e. The zero-order valence-corrected chi connectivity index (χ0v) is 11.7. The van der Waals surface area contributed by atoms with Crippen LogP contribution in [0.5, 0.6) is 0 Å². The summed E-state index contributed by atoms with van der Waals surface area (Å²) in [5, 5.41) is 0. The minimum atomic E-state index is -4.46. The molecule has 0 fully saturated rings. The number of alkyl halides is 3. The van der Waals surface area contributed by atoms with Gasteiger partial charge in [0.15, 0.2) is 0 Å². The molecule has 0 amide bonds. The number of anilines is 1. The fourth-order valence-corrected chi connectivity index (χ4v) is 2.45. The van der Waals surface area contributed by atoms with E-state index in [1.165, 1.54) is 7.11 Å². The van der Waals surface area contributed by atoms with Crippen molar-refractivity contribution in [1.29, 1.82) is 0 Å². The summed E-state index contributed by atoms with van der Waals surface area (Å²) in [6.07, 6.45) is -4.46. The molecule has 0 aliphatic carbocycles. The molecule has 0 spiro atoms. The zero-order valence-electron chi connectivity index (χ0n) is 10.9. The molecule has 2 N–H and O–H groups in total. The van der Waals surface area contributed by atoms with Crippen molar-refractivity contribution in [3.05, 3.63) is 23.8 Å². The number of methoxy groups -OCH3 is 1. The van der Waals surface area contributed by atoms with Crippen LogP contribution in [0.2, 0.25) is 0 Å². The van der Waals surface area contributed by atoms with Gasteiger partial charge in [0.25, 0.3) is 0 Å². The summed E-state index contributed by atoms with van der Waals surface area (Å²) in [5.74, 6) is 0.166. The van der Waals surface area contributed by atoms with Gasteiger partial charge in [-0.15, -0.1) is 0 Å². The van der Waals surface area contributed by atoms with E-state index < -0.39 is 22.5 Å². The minimum absolute atomic E-state index is 0.130. The number of rotatable bonds is 7. The Morgan fingerprint density at radius 2 is 1.95 bits per heavy atom. The molecule has 0 radical (unpaired) electrons. The molecule has 1 rings (SSSR count). The van der Waals surface area contributed by atoms with Gasteiger partial charge in [0.1, 0.15) is 0 Å². The third-order valence-corrected chi connectivity index (χ3v) is 3.83. The Kier molecular flexibility index (Phi) is 6.44. The lowest BCUT2D eigenvalue weighted by Gasteiger charge is -2.10. The van der Waals surface area contributed by atoms with E-state index in [1.54, 1.807) is 0 Å².